The van der Waals surface area contributed by atoms with Gasteiger partial charge in [0.15, 0.2) is 12.4 Å². The van der Waals surface area contributed by atoms with Crippen LogP contribution in [0.3, 0.4) is 0 Å². The molecule has 8 unspecified atom stereocenters. The van der Waals surface area contributed by atoms with Gasteiger partial charge < -0.3 is 45.1 Å². The number of unbranched alkanes of at least 4 members (excludes halogenated alkanes) is 22. The Morgan fingerprint density at radius 1 is 0.577 bits per heavy atom. The Balaban J connectivity index is 2.76. The summed E-state index contributed by atoms with van der Waals surface area (Å²) in [5.74, 6) is -1.24. The molecule has 1 amide bonds. The van der Waals surface area contributed by atoms with Crippen molar-refractivity contribution in [2.45, 2.75) is 269 Å². The van der Waals surface area contributed by atoms with Crippen LogP contribution in [0.25, 0.3) is 0 Å². The van der Waals surface area contributed by atoms with Crippen molar-refractivity contribution in [2.75, 3.05) is 13.2 Å². The average Bonchev–Trinajstić information content (AvgIpc) is 3.37. The third-order valence-electron chi connectivity index (χ3n) is 12.8. The number of ether oxygens (including phenoxy) is 3. The van der Waals surface area contributed by atoms with Gasteiger partial charge in [0.25, 0.3) is 0 Å². The van der Waals surface area contributed by atoms with Crippen LogP contribution in [0.1, 0.15) is 220 Å². The van der Waals surface area contributed by atoms with Gasteiger partial charge in [0.1, 0.15) is 24.4 Å². The highest BCUT2D eigenvalue weighted by Gasteiger charge is 2.47. The van der Waals surface area contributed by atoms with Crippen LogP contribution in [-0.2, 0) is 23.8 Å². The van der Waals surface area contributed by atoms with E-state index in [9.17, 15) is 35.1 Å². The van der Waals surface area contributed by atoms with Crippen molar-refractivity contribution in [1.29, 1.82) is 0 Å². The van der Waals surface area contributed by atoms with E-state index in [2.05, 4.69) is 92.9 Å². The van der Waals surface area contributed by atoms with Crippen LogP contribution < -0.4 is 5.32 Å². The highest BCUT2D eigenvalue weighted by molar-refractivity contribution is 5.80. The molecular formula is C60H103NO10. The van der Waals surface area contributed by atoms with Gasteiger partial charge >= 0.3 is 5.97 Å². The van der Waals surface area contributed by atoms with Gasteiger partial charge in [-0.25, -0.2) is 0 Å². The molecule has 1 fully saturated rings. The molecule has 11 nitrogen and oxygen atoms in total. The van der Waals surface area contributed by atoms with Crippen LogP contribution in [0.5, 0.6) is 0 Å². The maximum atomic E-state index is 13.4. The molecule has 0 aromatic rings. The third-order valence-corrected chi connectivity index (χ3v) is 12.8. The topological polar surface area (TPSA) is 175 Å². The van der Waals surface area contributed by atoms with E-state index in [1.165, 1.54) is 57.8 Å². The maximum Gasteiger partial charge on any atom is 0.306 e. The van der Waals surface area contributed by atoms with Crippen molar-refractivity contribution in [3.63, 3.8) is 0 Å². The Morgan fingerprint density at radius 3 is 1.66 bits per heavy atom. The molecule has 1 aliphatic heterocycles. The van der Waals surface area contributed by atoms with Crippen LogP contribution in [0.15, 0.2) is 85.1 Å². The third kappa shape index (κ3) is 36.4. The summed E-state index contributed by atoms with van der Waals surface area (Å²) in [6.07, 6.45) is 50.5. The fourth-order valence-corrected chi connectivity index (χ4v) is 8.30. The fraction of sp³-hybridized carbons (Fsp3) is 0.733. The van der Waals surface area contributed by atoms with Crippen LogP contribution >= 0.6 is 0 Å². The number of carbonyl (C=O) groups excluding carboxylic acids is 2. The lowest BCUT2D eigenvalue weighted by Gasteiger charge is -2.41. The summed E-state index contributed by atoms with van der Waals surface area (Å²) in [4.78, 5) is 26.4. The number of nitrogens with one attached hydrogen (secondary N) is 1. The van der Waals surface area contributed by atoms with Crippen LogP contribution in [0.2, 0.25) is 0 Å². The van der Waals surface area contributed by atoms with Gasteiger partial charge in [0, 0.05) is 6.42 Å². The van der Waals surface area contributed by atoms with E-state index in [0.717, 1.165) is 116 Å². The molecule has 1 rings (SSSR count). The summed E-state index contributed by atoms with van der Waals surface area (Å²) in [5, 5.41) is 56.7. The van der Waals surface area contributed by atoms with Gasteiger partial charge in [-0.2, -0.15) is 0 Å². The predicted octanol–water partition coefficient (Wildman–Crippen LogP) is 12.6. The largest absolute Gasteiger partial charge is 0.454 e. The summed E-state index contributed by atoms with van der Waals surface area (Å²) in [6, 6.07) is -1.04. The summed E-state index contributed by atoms with van der Waals surface area (Å²) in [7, 11) is 0. The molecule has 8 atom stereocenters. The number of rotatable bonds is 46. The molecule has 0 spiro atoms. The molecule has 0 radical (unpaired) electrons. The summed E-state index contributed by atoms with van der Waals surface area (Å²) in [5.41, 5.74) is 0. The minimum atomic E-state index is -1.63. The molecule has 1 heterocycles. The predicted molar refractivity (Wildman–Crippen MR) is 292 cm³/mol. The Bertz CT molecular complexity index is 1470. The van der Waals surface area contributed by atoms with Crippen LogP contribution in [0.4, 0.5) is 0 Å². The molecule has 408 valence electrons. The molecule has 1 aliphatic rings. The molecule has 71 heavy (non-hydrogen) atoms. The Labute approximate surface area is 432 Å². The van der Waals surface area contributed by atoms with Gasteiger partial charge in [-0.3, -0.25) is 9.59 Å². The van der Waals surface area contributed by atoms with E-state index in [0.29, 0.717) is 12.8 Å². The fourth-order valence-electron chi connectivity index (χ4n) is 8.30. The van der Waals surface area contributed by atoms with E-state index in [1.54, 1.807) is 6.08 Å². The smallest absolute Gasteiger partial charge is 0.306 e. The van der Waals surface area contributed by atoms with Gasteiger partial charge in [0.2, 0.25) is 5.91 Å². The number of aliphatic hydroxyl groups excluding tert-OH is 5. The number of allylic oxidation sites excluding steroid dienone is 13. The monoisotopic (exact) mass is 998 g/mol. The molecule has 1 saturated heterocycles. The van der Waals surface area contributed by atoms with Crippen LogP contribution in [0, 0.1) is 0 Å². The van der Waals surface area contributed by atoms with E-state index in [-0.39, 0.29) is 19.4 Å². The SMILES string of the molecule is CC/C=C/C=C/C=C/CCCCCCCCCC(=O)OC1C(OCC(NC(=O)C(O)CCCCC/C=C\C/C=C\C/C=C\CCCCC)C(O)/C=C/CCCCCCCCCCC)OC(CO)C(O)C1O. The van der Waals surface area contributed by atoms with Crippen molar-refractivity contribution in [2.24, 2.45) is 0 Å². The molecular weight excluding hydrogens is 895 g/mol. The molecule has 0 bridgehead atoms. The number of esters is 1. The maximum absolute atomic E-state index is 13.4. The van der Waals surface area contributed by atoms with Crippen molar-refractivity contribution in [3.05, 3.63) is 85.1 Å². The van der Waals surface area contributed by atoms with Gasteiger partial charge in [-0.1, -0.05) is 215 Å². The molecule has 0 aromatic carbocycles. The first-order chi connectivity index (χ1) is 34.7. The molecule has 11 heteroatoms. The zero-order chi connectivity index (χ0) is 51.8. The van der Waals surface area contributed by atoms with Crippen molar-refractivity contribution in [1.82, 2.24) is 5.32 Å². The Kier molecular flexibility index (Phi) is 44.4. The second-order valence-electron chi connectivity index (χ2n) is 19.3. The second kappa shape index (κ2) is 47.8. The zero-order valence-corrected chi connectivity index (χ0v) is 44.8. The Morgan fingerprint density at radius 2 is 1.07 bits per heavy atom. The number of carbonyl (C=O) groups is 2. The van der Waals surface area contributed by atoms with Gasteiger partial charge in [-0.15, -0.1) is 0 Å². The number of hydrogen-bond acceptors (Lipinski definition) is 10. The quantitative estimate of drug-likeness (QED) is 0.0149. The van der Waals surface area contributed by atoms with Crippen LogP contribution in [-0.4, -0.2) is 99.6 Å². The average molecular weight is 998 g/mol. The standard InChI is InChI=1S/C60H103NO10/c1-4-7-10-13-16-19-22-24-26-28-29-32-35-38-41-44-47-53(64)59(68)61-51(52(63)46-43-40-37-34-31-21-18-15-12-9-6-3)50-69-60-58(57(67)56(66)54(49-62)70-60)71-55(65)48-45-42-39-36-33-30-27-25-23-20-17-14-11-8-5-2/h8,11,14,16-17,19-20,23-24,26,29,32,43,46,51-54,56-58,60,62-64,66-67H,4-7,9-10,12-13,15,18,21-22,25,27-28,30-31,33-42,44-45,47-50H2,1-3H3,(H,61,68)/b11-8+,17-14+,19-16-,23-20+,26-24-,32-29-,46-43+. The van der Waals surface area contributed by atoms with Crippen molar-refractivity contribution < 1.29 is 49.3 Å². The minimum absolute atomic E-state index is 0.103. The normalized spacial score (nSPS) is 20.3. The number of amides is 1. The first kappa shape index (κ1) is 65.9. The number of aliphatic hydroxyl groups is 5. The molecule has 6 N–H and O–H groups in total. The zero-order valence-electron chi connectivity index (χ0n) is 44.8. The summed E-state index contributed by atoms with van der Waals surface area (Å²) >= 11 is 0. The van der Waals surface area contributed by atoms with E-state index in [1.807, 2.05) is 12.2 Å². The molecule has 0 aromatic heterocycles. The van der Waals surface area contributed by atoms with Crippen molar-refractivity contribution >= 4 is 11.9 Å². The van der Waals surface area contributed by atoms with Crippen molar-refractivity contribution in [3.8, 4) is 0 Å². The number of hydrogen-bond donors (Lipinski definition) is 6. The second-order valence-corrected chi connectivity index (χ2v) is 19.3. The van der Waals surface area contributed by atoms with E-state index in [4.69, 9.17) is 14.2 Å². The highest BCUT2D eigenvalue weighted by Crippen LogP contribution is 2.26. The lowest BCUT2D eigenvalue weighted by atomic mass is 9.99. The lowest BCUT2D eigenvalue weighted by molar-refractivity contribution is -0.305. The van der Waals surface area contributed by atoms with Gasteiger partial charge in [-0.05, 0) is 83.5 Å². The van der Waals surface area contributed by atoms with E-state index < -0.39 is 67.4 Å². The summed E-state index contributed by atoms with van der Waals surface area (Å²) in [6.45, 7) is 5.58. The molecule has 0 saturated carbocycles. The van der Waals surface area contributed by atoms with E-state index >= 15 is 0 Å². The highest BCUT2D eigenvalue weighted by atomic mass is 16.7. The van der Waals surface area contributed by atoms with Gasteiger partial charge in [0.05, 0.1) is 25.4 Å². The summed E-state index contributed by atoms with van der Waals surface area (Å²) < 4.78 is 17.5. The molecule has 0 aliphatic carbocycles. The Hall–Kier alpha value is -3.16. The lowest BCUT2D eigenvalue weighted by Crippen LogP contribution is -2.61. The first-order valence-electron chi connectivity index (χ1n) is 28.4. The minimum Gasteiger partial charge on any atom is -0.454 e. The first-order valence-corrected chi connectivity index (χ1v) is 28.4.